The van der Waals surface area contributed by atoms with Gasteiger partial charge in [0.2, 0.25) is 0 Å². The second-order valence-electron chi connectivity index (χ2n) is 3.54. The monoisotopic (exact) mass is 221 g/mol. The molecular formula is C12H12FNS. The number of rotatable bonds is 2. The maximum absolute atomic E-state index is 12.9. The number of nitrogens with two attached hydrogens (primary N) is 1. The van der Waals surface area contributed by atoms with Crippen LogP contribution in [0.2, 0.25) is 0 Å². The quantitative estimate of drug-likeness (QED) is 0.827. The summed E-state index contributed by atoms with van der Waals surface area (Å²) in [5.74, 6) is -0.214. The molecule has 0 fully saturated rings. The first-order chi connectivity index (χ1) is 7.18. The van der Waals surface area contributed by atoms with Gasteiger partial charge < -0.3 is 5.73 Å². The van der Waals surface area contributed by atoms with Gasteiger partial charge in [-0.3, -0.25) is 0 Å². The molecule has 2 N–H and O–H groups in total. The van der Waals surface area contributed by atoms with Crippen LogP contribution in [0.5, 0.6) is 0 Å². The zero-order chi connectivity index (χ0) is 10.8. The predicted molar refractivity (Wildman–Crippen MR) is 61.5 cm³/mol. The normalized spacial score (nSPS) is 12.7. The van der Waals surface area contributed by atoms with Crippen LogP contribution in [-0.4, -0.2) is 0 Å². The first-order valence-electron chi connectivity index (χ1n) is 4.72. The second-order valence-corrected chi connectivity index (χ2v) is 4.32. The van der Waals surface area contributed by atoms with E-state index in [0.717, 1.165) is 16.7 Å². The van der Waals surface area contributed by atoms with Crippen molar-refractivity contribution in [3.8, 4) is 0 Å². The minimum Gasteiger partial charge on any atom is -0.320 e. The molecule has 15 heavy (non-hydrogen) atoms. The Bertz CT molecular complexity index is 451. The molecule has 2 aromatic rings. The fourth-order valence-corrected chi connectivity index (χ4v) is 2.32. The molecule has 1 nitrogen and oxygen atoms in total. The van der Waals surface area contributed by atoms with Crippen molar-refractivity contribution in [3.63, 3.8) is 0 Å². The van der Waals surface area contributed by atoms with Gasteiger partial charge in [-0.25, -0.2) is 4.39 Å². The summed E-state index contributed by atoms with van der Waals surface area (Å²) in [6.07, 6.45) is 0. The molecule has 2 rings (SSSR count). The highest BCUT2D eigenvalue weighted by molar-refractivity contribution is 7.08. The van der Waals surface area contributed by atoms with Crippen LogP contribution >= 0.6 is 11.3 Å². The molecule has 3 heteroatoms. The van der Waals surface area contributed by atoms with Crippen LogP contribution in [0.15, 0.2) is 35.0 Å². The number of benzene rings is 1. The lowest BCUT2D eigenvalue weighted by atomic mass is 9.98. The van der Waals surface area contributed by atoms with Gasteiger partial charge in [-0.1, -0.05) is 6.07 Å². The summed E-state index contributed by atoms with van der Waals surface area (Å²) in [6.45, 7) is 1.88. The van der Waals surface area contributed by atoms with E-state index >= 15 is 0 Å². The molecule has 0 aliphatic carbocycles. The van der Waals surface area contributed by atoms with Crippen LogP contribution in [0.25, 0.3) is 0 Å². The van der Waals surface area contributed by atoms with Gasteiger partial charge in [0.1, 0.15) is 5.82 Å². The Hall–Kier alpha value is -1.19. The van der Waals surface area contributed by atoms with E-state index in [1.54, 1.807) is 17.4 Å². The van der Waals surface area contributed by atoms with Crippen LogP contribution < -0.4 is 5.73 Å². The molecule has 0 spiro atoms. The van der Waals surface area contributed by atoms with E-state index < -0.39 is 0 Å². The first-order valence-corrected chi connectivity index (χ1v) is 5.66. The van der Waals surface area contributed by atoms with Gasteiger partial charge in [-0.2, -0.15) is 11.3 Å². The van der Waals surface area contributed by atoms with E-state index in [0.29, 0.717) is 0 Å². The van der Waals surface area contributed by atoms with Crippen molar-refractivity contribution >= 4 is 11.3 Å². The Kier molecular flexibility index (Phi) is 2.84. The lowest BCUT2D eigenvalue weighted by Gasteiger charge is -2.13. The maximum atomic E-state index is 12.9. The van der Waals surface area contributed by atoms with E-state index in [9.17, 15) is 4.39 Å². The molecule has 0 bridgehead atoms. The minimum atomic E-state index is -0.214. The number of hydrogen-bond acceptors (Lipinski definition) is 2. The standard InChI is InChI=1S/C12H12FNS/c1-8-6-10(13)2-3-11(8)12(14)9-4-5-15-7-9/h2-7,12H,14H2,1H3. The van der Waals surface area contributed by atoms with Crippen molar-refractivity contribution in [2.24, 2.45) is 5.73 Å². The van der Waals surface area contributed by atoms with Gasteiger partial charge in [0.15, 0.2) is 0 Å². The molecule has 1 aromatic heterocycles. The number of aryl methyl sites for hydroxylation is 1. The Morgan fingerprint density at radius 2 is 2.13 bits per heavy atom. The summed E-state index contributed by atoms with van der Waals surface area (Å²) in [6, 6.07) is 6.57. The average molecular weight is 221 g/mol. The van der Waals surface area contributed by atoms with Crippen molar-refractivity contribution in [1.82, 2.24) is 0 Å². The lowest BCUT2D eigenvalue weighted by Crippen LogP contribution is -2.12. The van der Waals surface area contributed by atoms with Crippen molar-refractivity contribution < 1.29 is 4.39 Å². The fourth-order valence-electron chi connectivity index (χ4n) is 1.62. The summed E-state index contributed by atoms with van der Waals surface area (Å²) in [4.78, 5) is 0. The van der Waals surface area contributed by atoms with Gasteiger partial charge >= 0.3 is 0 Å². The SMILES string of the molecule is Cc1cc(F)ccc1C(N)c1ccsc1. The van der Waals surface area contributed by atoms with E-state index in [1.807, 2.05) is 23.8 Å². The molecule has 0 radical (unpaired) electrons. The van der Waals surface area contributed by atoms with Gasteiger partial charge in [-0.15, -0.1) is 0 Å². The van der Waals surface area contributed by atoms with E-state index in [4.69, 9.17) is 5.73 Å². The fraction of sp³-hybridized carbons (Fsp3) is 0.167. The van der Waals surface area contributed by atoms with Crippen molar-refractivity contribution in [2.75, 3.05) is 0 Å². The highest BCUT2D eigenvalue weighted by Gasteiger charge is 2.11. The third kappa shape index (κ3) is 2.08. The van der Waals surface area contributed by atoms with Crippen molar-refractivity contribution in [3.05, 3.63) is 57.5 Å². The number of halogens is 1. The largest absolute Gasteiger partial charge is 0.320 e. The highest BCUT2D eigenvalue weighted by Crippen LogP contribution is 2.24. The Morgan fingerprint density at radius 3 is 2.73 bits per heavy atom. The topological polar surface area (TPSA) is 26.0 Å². The van der Waals surface area contributed by atoms with Crippen molar-refractivity contribution in [2.45, 2.75) is 13.0 Å². The van der Waals surface area contributed by atoms with Gasteiger partial charge in [0.05, 0.1) is 6.04 Å². The Labute approximate surface area is 92.4 Å². The van der Waals surface area contributed by atoms with E-state index in [1.165, 1.54) is 12.1 Å². The molecule has 1 unspecified atom stereocenters. The van der Waals surface area contributed by atoms with Crippen LogP contribution in [0.3, 0.4) is 0 Å². The summed E-state index contributed by atoms with van der Waals surface area (Å²) >= 11 is 1.62. The number of hydrogen-bond donors (Lipinski definition) is 1. The Morgan fingerprint density at radius 1 is 1.33 bits per heavy atom. The van der Waals surface area contributed by atoms with Crippen molar-refractivity contribution in [1.29, 1.82) is 0 Å². The van der Waals surface area contributed by atoms with Crippen LogP contribution in [-0.2, 0) is 0 Å². The zero-order valence-electron chi connectivity index (χ0n) is 8.41. The minimum absolute atomic E-state index is 0.156. The molecule has 0 amide bonds. The number of thiophene rings is 1. The molecule has 0 saturated carbocycles. The zero-order valence-corrected chi connectivity index (χ0v) is 9.22. The molecule has 1 heterocycles. The van der Waals surface area contributed by atoms with E-state index in [-0.39, 0.29) is 11.9 Å². The van der Waals surface area contributed by atoms with Crippen LogP contribution in [0.1, 0.15) is 22.7 Å². The highest BCUT2D eigenvalue weighted by atomic mass is 32.1. The molecule has 0 aliphatic heterocycles. The summed E-state index contributed by atoms with van der Waals surface area (Å²) in [5, 5.41) is 4.02. The predicted octanol–water partition coefficient (Wildman–Crippen LogP) is 3.24. The molecule has 78 valence electrons. The third-order valence-electron chi connectivity index (χ3n) is 2.47. The smallest absolute Gasteiger partial charge is 0.123 e. The van der Waals surface area contributed by atoms with Gasteiger partial charge in [0.25, 0.3) is 0 Å². The molecule has 1 atom stereocenters. The lowest BCUT2D eigenvalue weighted by molar-refractivity contribution is 0.625. The molecular weight excluding hydrogens is 209 g/mol. The van der Waals surface area contributed by atoms with Gasteiger partial charge in [0, 0.05) is 0 Å². The third-order valence-corrected chi connectivity index (χ3v) is 3.17. The molecule has 1 aromatic carbocycles. The first kappa shape index (κ1) is 10.3. The summed E-state index contributed by atoms with van der Waals surface area (Å²) in [5.41, 5.74) is 9.05. The van der Waals surface area contributed by atoms with Gasteiger partial charge in [-0.05, 0) is 52.6 Å². The van der Waals surface area contributed by atoms with E-state index in [2.05, 4.69) is 0 Å². The second kappa shape index (κ2) is 4.13. The maximum Gasteiger partial charge on any atom is 0.123 e. The van der Waals surface area contributed by atoms with Crippen LogP contribution in [0.4, 0.5) is 4.39 Å². The summed E-state index contributed by atoms with van der Waals surface area (Å²) in [7, 11) is 0. The Balaban J connectivity index is 2.38. The summed E-state index contributed by atoms with van der Waals surface area (Å²) < 4.78 is 12.9. The molecule has 0 aliphatic rings. The molecule has 0 saturated heterocycles. The average Bonchev–Trinajstić information content (AvgIpc) is 2.69. The van der Waals surface area contributed by atoms with Crippen LogP contribution in [0, 0.1) is 12.7 Å².